The maximum absolute atomic E-state index is 5.17. The van der Waals surface area contributed by atoms with E-state index in [0.717, 1.165) is 63.1 Å². The average Bonchev–Trinajstić information content (AvgIpc) is 3.06. The molecule has 0 saturated carbocycles. The Morgan fingerprint density at radius 1 is 1.07 bits per heavy atom. The molecule has 1 N–H and O–H groups in total. The van der Waals surface area contributed by atoms with E-state index in [1.807, 2.05) is 20.0 Å². The molecule has 28 heavy (non-hydrogen) atoms. The molecular weight excluding hydrogens is 350 g/mol. The van der Waals surface area contributed by atoms with Gasteiger partial charge in [0.25, 0.3) is 0 Å². The second kappa shape index (κ2) is 9.24. The van der Waals surface area contributed by atoms with Crippen molar-refractivity contribution in [2.45, 2.75) is 40.7 Å². The zero-order valence-electron chi connectivity index (χ0n) is 17.9. The lowest BCUT2D eigenvalue weighted by Gasteiger charge is -2.36. The number of guanidine groups is 1. The van der Waals surface area contributed by atoms with Gasteiger partial charge in [0.2, 0.25) is 0 Å². The molecule has 0 radical (unpaired) electrons. The van der Waals surface area contributed by atoms with Crippen molar-refractivity contribution in [3.63, 3.8) is 0 Å². The summed E-state index contributed by atoms with van der Waals surface area (Å²) in [6.07, 6.45) is 1.02. The molecule has 6 nitrogen and oxygen atoms in total. The van der Waals surface area contributed by atoms with Crippen LogP contribution in [0.3, 0.4) is 0 Å². The van der Waals surface area contributed by atoms with Crippen LogP contribution in [0.5, 0.6) is 0 Å². The summed E-state index contributed by atoms with van der Waals surface area (Å²) in [5, 5.41) is 7.66. The minimum Gasteiger partial charge on any atom is -0.361 e. The van der Waals surface area contributed by atoms with Crippen molar-refractivity contribution in [3.05, 3.63) is 51.9 Å². The van der Waals surface area contributed by atoms with E-state index >= 15 is 0 Å². The molecule has 1 saturated heterocycles. The maximum Gasteiger partial charge on any atom is 0.193 e. The van der Waals surface area contributed by atoms with Crippen molar-refractivity contribution in [2.24, 2.45) is 4.99 Å². The zero-order valence-corrected chi connectivity index (χ0v) is 17.9. The van der Waals surface area contributed by atoms with Crippen LogP contribution in [-0.4, -0.2) is 60.7 Å². The van der Waals surface area contributed by atoms with Gasteiger partial charge in [0, 0.05) is 52.4 Å². The van der Waals surface area contributed by atoms with Crippen LogP contribution in [0.4, 0.5) is 0 Å². The molecule has 2 heterocycles. The first-order chi connectivity index (χ1) is 13.5. The Labute approximate surface area is 168 Å². The van der Waals surface area contributed by atoms with Gasteiger partial charge in [-0.2, -0.15) is 0 Å². The smallest absolute Gasteiger partial charge is 0.193 e. The molecule has 3 rings (SSSR count). The standard InChI is InChI=1S/C22H33N5O/c1-16-12-17(2)21(18(3)13-16)6-7-24-22(23-5)27-10-8-26(9-11-27)15-20-14-19(4)28-25-20/h12-14H,6-11,15H2,1-5H3,(H,23,24). The fraction of sp³-hybridized carbons (Fsp3) is 0.545. The highest BCUT2D eigenvalue weighted by atomic mass is 16.5. The van der Waals surface area contributed by atoms with Crippen molar-refractivity contribution in [1.82, 2.24) is 20.3 Å². The number of nitrogens with zero attached hydrogens (tertiary/aromatic N) is 4. The Hall–Kier alpha value is -2.34. The van der Waals surface area contributed by atoms with Crippen LogP contribution in [0.25, 0.3) is 0 Å². The normalized spacial score (nSPS) is 15.9. The predicted octanol–water partition coefficient (Wildman–Crippen LogP) is 2.84. The van der Waals surface area contributed by atoms with E-state index in [4.69, 9.17) is 4.52 Å². The molecule has 1 aromatic heterocycles. The number of hydrogen-bond acceptors (Lipinski definition) is 4. The fourth-order valence-corrected chi connectivity index (χ4v) is 4.08. The van der Waals surface area contributed by atoms with Gasteiger partial charge in [0.15, 0.2) is 5.96 Å². The van der Waals surface area contributed by atoms with Gasteiger partial charge in [-0.1, -0.05) is 22.9 Å². The van der Waals surface area contributed by atoms with Crippen LogP contribution >= 0.6 is 0 Å². The van der Waals surface area contributed by atoms with Crippen LogP contribution in [0.15, 0.2) is 27.7 Å². The van der Waals surface area contributed by atoms with Crippen molar-refractivity contribution in [1.29, 1.82) is 0 Å². The monoisotopic (exact) mass is 383 g/mol. The molecule has 0 spiro atoms. The van der Waals surface area contributed by atoms with Gasteiger partial charge in [-0.3, -0.25) is 9.89 Å². The Morgan fingerprint density at radius 2 is 1.75 bits per heavy atom. The van der Waals surface area contributed by atoms with E-state index in [0.29, 0.717) is 0 Å². The number of rotatable bonds is 5. The molecule has 1 aliphatic heterocycles. The number of aromatic nitrogens is 1. The van der Waals surface area contributed by atoms with E-state index < -0.39 is 0 Å². The summed E-state index contributed by atoms with van der Waals surface area (Å²) in [7, 11) is 1.87. The first-order valence-electron chi connectivity index (χ1n) is 10.1. The van der Waals surface area contributed by atoms with Crippen molar-refractivity contribution in [2.75, 3.05) is 39.8 Å². The van der Waals surface area contributed by atoms with E-state index in [1.54, 1.807) is 0 Å². The fourth-order valence-electron chi connectivity index (χ4n) is 4.08. The average molecular weight is 384 g/mol. The Bertz CT molecular complexity index is 795. The lowest BCUT2D eigenvalue weighted by molar-refractivity contribution is 0.169. The van der Waals surface area contributed by atoms with E-state index in [-0.39, 0.29) is 0 Å². The van der Waals surface area contributed by atoms with Gasteiger partial charge < -0.3 is 14.7 Å². The highest BCUT2D eigenvalue weighted by Crippen LogP contribution is 2.16. The summed E-state index contributed by atoms with van der Waals surface area (Å²) in [6, 6.07) is 6.56. The molecule has 0 atom stereocenters. The largest absolute Gasteiger partial charge is 0.361 e. The number of aliphatic imine (C=N–C) groups is 1. The molecule has 1 aliphatic rings. The third-order valence-corrected chi connectivity index (χ3v) is 5.44. The Morgan fingerprint density at radius 3 is 2.32 bits per heavy atom. The second-order valence-electron chi connectivity index (χ2n) is 7.79. The summed E-state index contributed by atoms with van der Waals surface area (Å²) in [5.74, 6) is 1.87. The number of piperazine rings is 1. The molecule has 0 aliphatic carbocycles. The summed E-state index contributed by atoms with van der Waals surface area (Å²) < 4.78 is 5.17. The SMILES string of the molecule is CN=C(NCCc1c(C)cc(C)cc1C)N1CCN(Cc2cc(C)on2)CC1. The minimum atomic E-state index is 0.850. The third-order valence-electron chi connectivity index (χ3n) is 5.44. The Kier molecular flexibility index (Phi) is 6.73. The zero-order chi connectivity index (χ0) is 20.1. The van der Waals surface area contributed by atoms with Crippen LogP contribution in [-0.2, 0) is 13.0 Å². The first kappa shape index (κ1) is 20.4. The van der Waals surface area contributed by atoms with Gasteiger partial charge in [-0.05, 0) is 50.8 Å². The molecule has 0 unspecified atom stereocenters. The van der Waals surface area contributed by atoms with E-state index in [1.165, 1.54) is 22.3 Å². The first-order valence-corrected chi connectivity index (χ1v) is 10.1. The van der Waals surface area contributed by atoms with E-state index in [2.05, 4.69) is 58.2 Å². The predicted molar refractivity (Wildman–Crippen MR) is 114 cm³/mol. The molecule has 1 aromatic carbocycles. The van der Waals surface area contributed by atoms with Crippen molar-refractivity contribution in [3.8, 4) is 0 Å². The van der Waals surface area contributed by atoms with Crippen molar-refractivity contribution < 1.29 is 4.52 Å². The quantitative estimate of drug-likeness (QED) is 0.636. The Balaban J connectivity index is 1.47. The van der Waals surface area contributed by atoms with Crippen LogP contribution < -0.4 is 5.32 Å². The molecular formula is C22H33N5O. The molecule has 2 aromatic rings. The molecule has 0 bridgehead atoms. The van der Waals surface area contributed by atoms with Gasteiger partial charge in [0.05, 0.1) is 5.69 Å². The summed E-state index contributed by atoms with van der Waals surface area (Å²) in [5.41, 5.74) is 6.55. The highest BCUT2D eigenvalue weighted by Gasteiger charge is 2.20. The minimum absolute atomic E-state index is 0.850. The summed E-state index contributed by atoms with van der Waals surface area (Å²) in [4.78, 5) is 9.26. The lowest BCUT2D eigenvalue weighted by Crippen LogP contribution is -2.52. The van der Waals surface area contributed by atoms with Crippen molar-refractivity contribution >= 4 is 5.96 Å². The topological polar surface area (TPSA) is 56.9 Å². The number of hydrogen-bond donors (Lipinski definition) is 1. The van der Waals surface area contributed by atoms with Gasteiger partial charge >= 0.3 is 0 Å². The van der Waals surface area contributed by atoms with Gasteiger partial charge in [0.1, 0.15) is 5.76 Å². The van der Waals surface area contributed by atoms with Crippen LogP contribution in [0, 0.1) is 27.7 Å². The molecule has 6 heteroatoms. The number of nitrogens with one attached hydrogen (secondary N) is 1. The highest BCUT2D eigenvalue weighted by molar-refractivity contribution is 5.80. The summed E-state index contributed by atoms with van der Waals surface area (Å²) >= 11 is 0. The van der Waals surface area contributed by atoms with Gasteiger partial charge in [-0.15, -0.1) is 0 Å². The second-order valence-corrected chi connectivity index (χ2v) is 7.79. The van der Waals surface area contributed by atoms with Crippen LogP contribution in [0.1, 0.15) is 33.7 Å². The maximum atomic E-state index is 5.17. The molecule has 152 valence electrons. The number of benzene rings is 1. The van der Waals surface area contributed by atoms with Crippen LogP contribution in [0.2, 0.25) is 0 Å². The van der Waals surface area contributed by atoms with Gasteiger partial charge in [-0.25, -0.2) is 0 Å². The number of aryl methyl sites for hydroxylation is 4. The molecule has 1 fully saturated rings. The molecule has 0 amide bonds. The lowest BCUT2D eigenvalue weighted by atomic mass is 9.97. The summed E-state index contributed by atoms with van der Waals surface area (Å²) in [6.45, 7) is 14.2. The van der Waals surface area contributed by atoms with E-state index in [9.17, 15) is 0 Å². The third kappa shape index (κ3) is 5.13.